The van der Waals surface area contributed by atoms with Crippen LogP contribution in [0.4, 0.5) is 9.52 Å². The number of amides is 1. The van der Waals surface area contributed by atoms with Crippen molar-refractivity contribution in [2.24, 2.45) is 0 Å². The second-order valence-corrected chi connectivity index (χ2v) is 7.66. The van der Waals surface area contributed by atoms with E-state index in [1.807, 2.05) is 37.4 Å². The van der Waals surface area contributed by atoms with Crippen LogP contribution < -0.4 is 9.64 Å². The third-order valence-electron chi connectivity index (χ3n) is 4.58. The maximum Gasteiger partial charge on any atom is 0.233 e. The first kappa shape index (κ1) is 20.0. The highest BCUT2D eigenvalue weighted by Crippen LogP contribution is 2.34. The molecule has 0 saturated heterocycles. The van der Waals surface area contributed by atoms with Crippen molar-refractivity contribution in [1.29, 1.82) is 0 Å². The molecular weight excluding hydrogens is 403 g/mol. The van der Waals surface area contributed by atoms with E-state index < -0.39 is 0 Å². The number of benzene rings is 2. The Morgan fingerprint density at radius 1 is 1.20 bits per heavy atom. The average molecular weight is 425 g/mol. The molecule has 0 fully saturated rings. The molecule has 0 aliphatic carbocycles. The van der Waals surface area contributed by atoms with Crippen molar-refractivity contribution < 1.29 is 13.9 Å². The van der Waals surface area contributed by atoms with E-state index in [1.165, 1.54) is 23.5 Å². The summed E-state index contributed by atoms with van der Waals surface area (Å²) in [5.74, 6) is 0.276. The van der Waals surface area contributed by atoms with Gasteiger partial charge in [-0.15, -0.1) is 0 Å². The number of carbonyl (C=O) groups is 1. The zero-order chi connectivity index (χ0) is 20.9. The molecule has 2 aromatic carbocycles. The predicted molar refractivity (Wildman–Crippen MR) is 115 cm³/mol. The SMILES string of the molecule is CCOc1cccc2sc(N(CCn3cccn3)C(=O)Cc3ccc(F)cc3)nc12. The van der Waals surface area contributed by atoms with Gasteiger partial charge in [-0.2, -0.15) is 5.10 Å². The summed E-state index contributed by atoms with van der Waals surface area (Å²) in [6.45, 7) is 3.43. The van der Waals surface area contributed by atoms with Crippen LogP contribution in [-0.4, -0.2) is 33.8 Å². The quantitative estimate of drug-likeness (QED) is 0.423. The van der Waals surface area contributed by atoms with E-state index in [0.717, 1.165) is 15.8 Å². The van der Waals surface area contributed by atoms with E-state index >= 15 is 0 Å². The lowest BCUT2D eigenvalue weighted by atomic mass is 10.1. The van der Waals surface area contributed by atoms with Gasteiger partial charge < -0.3 is 4.74 Å². The Balaban J connectivity index is 1.63. The molecule has 2 aromatic heterocycles. The number of fused-ring (bicyclic) bond motifs is 1. The fourth-order valence-corrected chi connectivity index (χ4v) is 4.16. The molecule has 4 aromatic rings. The van der Waals surface area contributed by atoms with Crippen molar-refractivity contribution in [2.45, 2.75) is 19.9 Å². The van der Waals surface area contributed by atoms with Crippen molar-refractivity contribution >= 4 is 32.6 Å². The Morgan fingerprint density at radius 2 is 2.03 bits per heavy atom. The Labute approximate surface area is 177 Å². The molecule has 154 valence electrons. The predicted octanol–water partition coefficient (Wildman–Crippen LogP) is 4.31. The van der Waals surface area contributed by atoms with Gasteiger partial charge in [-0.05, 0) is 42.8 Å². The molecule has 0 aliphatic heterocycles. The molecule has 0 radical (unpaired) electrons. The number of carbonyl (C=O) groups excluding carboxylic acids is 1. The molecule has 0 atom stereocenters. The van der Waals surface area contributed by atoms with Gasteiger partial charge in [-0.3, -0.25) is 14.4 Å². The van der Waals surface area contributed by atoms with Gasteiger partial charge in [0, 0.05) is 18.9 Å². The number of hydrogen-bond donors (Lipinski definition) is 0. The molecule has 0 bridgehead atoms. The maximum atomic E-state index is 13.2. The number of para-hydroxylation sites is 1. The van der Waals surface area contributed by atoms with Gasteiger partial charge in [-0.1, -0.05) is 29.5 Å². The molecule has 0 unspecified atom stereocenters. The summed E-state index contributed by atoms with van der Waals surface area (Å²) in [4.78, 5) is 19.6. The minimum absolute atomic E-state index is 0.106. The summed E-state index contributed by atoms with van der Waals surface area (Å²) in [7, 11) is 0. The molecule has 6 nitrogen and oxygen atoms in total. The smallest absolute Gasteiger partial charge is 0.233 e. The lowest BCUT2D eigenvalue weighted by Crippen LogP contribution is -2.35. The van der Waals surface area contributed by atoms with Crippen LogP contribution in [0, 0.1) is 5.82 Å². The Morgan fingerprint density at radius 3 is 2.77 bits per heavy atom. The van der Waals surface area contributed by atoms with Gasteiger partial charge in [0.15, 0.2) is 5.13 Å². The molecule has 0 N–H and O–H groups in total. The van der Waals surface area contributed by atoms with E-state index in [2.05, 4.69) is 5.10 Å². The van der Waals surface area contributed by atoms with Gasteiger partial charge in [0.05, 0.1) is 24.3 Å². The molecule has 1 amide bonds. The summed E-state index contributed by atoms with van der Waals surface area (Å²) in [5, 5.41) is 4.82. The summed E-state index contributed by atoms with van der Waals surface area (Å²) >= 11 is 1.45. The zero-order valence-corrected chi connectivity index (χ0v) is 17.3. The normalized spacial score (nSPS) is 11.0. The molecule has 30 heavy (non-hydrogen) atoms. The van der Waals surface area contributed by atoms with Crippen LogP contribution in [0.2, 0.25) is 0 Å². The molecule has 2 heterocycles. The molecule has 4 rings (SSSR count). The number of thiazole rings is 1. The van der Waals surface area contributed by atoms with Crippen LogP contribution >= 0.6 is 11.3 Å². The van der Waals surface area contributed by atoms with Crippen molar-refractivity contribution in [3.8, 4) is 5.75 Å². The number of hydrogen-bond acceptors (Lipinski definition) is 5. The second kappa shape index (κ2) is 9.04. The van der Waals surface area contributed by atoms with Crippen LogP contribution in [0.5, 0.6) is 5.75 Å². The standard InChI is InChI=1S/C22H21FN4O2S/c1-2-29-18-5-3-6-19-21(18)25-22(30-19)27(14-13-26-12-4-11-24-26)20(28)15-16-7-9-17(23)10-8-16/h3-12H,2,13-15H2,1H3. The Bertz CT molecular complexity index is 1130. The van der Waals surface area contributed by atoms with Crippen molar-refractivity contribution in [3.63, 3.8) is 0 Å². The third kappa shape index (κ3) is 4.49. The highest BCUT2D eigenvalue weighted by molar-refractivity contribution is 7.22. The topological polar surface area (TPSA) is 60.2 Å². The Kier molecular flexibility index (Phi) is 6.04. The van der Waals surface area contributed by atoms with Crippen LogP contribution in [0.15, 0.2) is 60.9 Å². The first-order valence-corrected chi connectivity index (χ1v) is 10.5. The molecule has 8 heteroatoms. The number of nitrogens with zero attached hydrogens (tertiary/aromatic N) is 4. The molecular formula is C22H21FN4O2S. The van der Waals surface area contributed by atoms with Gasteiger partial charge in [0.25, 0.3) is 0 Å². The number of rotatable bonds is 8. The minimum atomic E-state index is -0.323. The Hall–Kier alpha value is -3.26. The number of anilines is 1. The first-order chi connectivity index (χ1) is 14.6. The van der Waals surface area contributed by atoms with Gasteiger partial charge >= 0.3 is 0 Å². The van der Waals surface area contributed by atoms with Gasteiger partial charge in [0.1, 0.15) is 17.1 Å². The summed E-state index contributed by atoms with van der Waals surface area (Å²) in [6, 6.07) is 13.6. The van der Waals surface area contributed by atoms with Crippen molar-refractivity contribution in [1.82, 2.24) is 14.8 Å². The highest BCUT2D eigenvalue weighted by atomic mass is 32.1. The fourth-order valence-electron chi connectivity index (χ4n) is 3.13. The molecule has 0 spiro atoms. The van der Waals surface area contributed by atoms with E-state index in [1.54, 1.807) is 27.9 Å². The van der Waals surface area contributed by atoms with Crippen LogP contribution in [0.3, 0.4) is 0 Å². The van der Waals surface area contributed by atoms with Crippen molar-refractivity contribution in [2.75, 3.05) is 18.1 Å². The second-order valence-electron chi connectivity index (χ2n) is 6.65. The summed E-state index contributed by atoms with van der Waals surface area (Å²) in [6.07, 6.45) is 3.72. The number of aromatic nitrogens is 3. The highest BCUT2D eigenvalue weighted by Gasteiger charge is 2.21. The van der Waals surface area contributed by atoms with Gasteiger partial charge in [-0.25, -0.2) is 9.37 Å². The fraction of sp³-hybridized carbons (Fsp3) is 0.227. The lowest BCUT2D eigenvalue weighted by molar-refractivity contribution is -0.118. The van der Waals surface area contributed by atoms with Crippen LogP contribution in [0.25, 0.3) is 10.2 Å². The largest absolute Gasteiger partial charge is 0.492 e. The number of halogens is 1. The van der Waals surface area contributed by atoms with E-state index in [9.17, 15) is 9.18 Å². The van der Waals surface area contributed by atoms with E-state index in [0.29, 0.717) is 30.6 Å². The lowest BCUT2D eigenvalue weighted by Gasteiger charge is -2.20. The van der Waals surface area contributed by atoms with Crippen LogP contribution in [0.1, 0.15) is 12.5 Å². The minimum Gasteiger partial charge on any atom is -0.492 e. The number of ether oxygens (including phenoxy) is 1. The zero-order valence-electron chi connectivity index (χ0n) is 16.5. The van der Waals surface area contributed by atoms with Crippen molar-refractivity contribution in [3.05, 3.63) is 72.3 Å². The first-order valence-electron chi connectivity index (χ1n) is 9.68. The average Bonchev–Trinajstić information content (AvgIpc) is 3.40. The van der Waals surface area contributed by atoms with Gasteiger partial charge in [0.2, 0.25) is 5.91 Å². The third-order valence-corrected chi connectivity index (χ3v) is 5.63. The maximum absolute atomic E-state index is 13.2. The monoisotopic (exact) mass is 424 g/mol. The summed E-state index contributed by atoms with van der Waals surface area (Å²) < 4.78 is 21.6. The van der Waals surface area contributed by atoms with E-state index in [-0.39, 0.29) is 18.1 Å². The van der Waals surface area contributed by atoms with E-state index in [4.69, 9.17) is 9.72 Å². The molecule has 0 aliphatic rings. The van der Waals surface area contributed by atoms with Crippen LogP contribution in [-0.2, 0) is 17.8 Å². The summed E-state index contributed by atoms with van der Waals surface area (Å²) in [5.41, 5.74) is 1.50. The molecule has 0 saturated carbocycles.